The van der Waals surface area contributed by atoms with Crippen LogP contribution in [0.25, 0.3) is 0 Å². The van der Waals surface area contributed by atoms with Gasteiger partial charge in [0.25, 0.3) is 5.91 Å². The second kappa shape index (κ2) is 14.0. The van der Waals surface area contributed by atoms with E-state index >= 15 is 0 Å². The lowest BCUT2D eigenvalue weighted by Gasteiger charge is -2.49. The summed E-state index contributed by atoms with van der Waals surface area (Å²) in [5.74, 6) is 0.311. The maximum Gasteiger partial charge on any atom is 0.262 e. The number of carbonyl (C=O) groups excluding carboxylic acids is 3. The van der Waals surface area contributed by atoms with Crippen molar-refractivity contribution in [1.29, 1.82) is 0 Å². The SMILES string of the molecule is CCOc1cc(C2C3=C(CC(C)(C)CC3=O)N(Cc3ccccc3)C3=C2C(=O)CC(C)(C)C3)cc(I)c1OCC(=O)Nc1ccc(C)c(C)c1. The van der Waals surface area contributed by atoms with Crippen LogP contribution in [0.2, 0.25) is 0 Å². The number of nitrogens with one attached hydrogen (secondary N) is 1. The van der Waals surface area contributed by atoms with Crippen molar-refractivity contribution in [1.82, 2.24) is 4.90 Å². The molecule has 0 spiro atoms. The second-order valence-corrected chi connectivity index (χ2v) is 16.7. The summed E-state index contributed by atoms with van der Waals surface area (Å²) in [6.45, 7) is 15.3. The van der Waals surface area contributed by atoms with Crippen LogP contribution in [0.15, 0.2) is 83.2 Å². The number of benzene rings is 3. The lowest BCUT2D eigenvalue weighted by molar-refractivity contribution is -0.120. The van der Waals surface area contributed by atoms with Crippen molar-refractivity contribution in [2.75, 3.05) is 18.5 Å². The highest BCUT2D eigenvalue weighted by molar-refractivity contribution is 14.1. The molecule has 262 valence electrons. The first-order valence-electron chi connectivity index (χ1n) is 17.5. The molecule has 3 aromatic carbocycles. The molecule has 1 amide bonds. The van der Waals surface area contributed by atoms with Gasteiger partial charge in [0.15, 0.2) is 29.7 Å². The Morgan fingerprint density at radius 3 is 2.04 bits per heavy atom. The summed E-state index contributed by atoms with van der Waals surface area (Å²) < 4.78 is 13.0. The van der Waals surface area contributed by atoms with Crippen LogP contribution in [0.1, 0.15) is 88.5 Å². The van der Waals surface area contributed by atoms with Gasteiger partial charge >= 0.3 is 0 Å². The largest absolute Gasteiger partial charge is 0.490 e. The molecule has 0 bridgehead atoms. The summed E-state index contributed by atoms with van der Waals surface area (Å²) in [6, 6.07) is 20.0. The molecule has 50 heavy (non-hydrogen) atoms. The van der Waals surface area contributed by atoms with Gasteiger partial charge < -0.3 is 19.7 Å². The number of hydrogen-bond donors (Lipinski definition) is 1. The van der Waals surface area contributed by atoms with E-state index in [0.29, 0.717) is 54.3 Å². The van der Waals surface area contributed by atoms with Crippen LogP contribution < -0.4 is 14.8 Å². The zero-order valence-corrected chi connectivity index (χ0v) is 32.3. The highest BCUT2D eigenvalue weighted by atomic mass is 127. The predicted molar refractivity (Wildman–Crippen MR) is 205 cm³/mol. The van der Waals surface area contributed by atoms with Crippen LogP contribution in [0.4, 0.5) is 5.69 Å². The van der Waals surface area contributed by atoms with Gasteiger partial charge in [-0.25, -0.2) is 0 Å². The van der Waals surface area contributed by atoms with E-state index in [1.165, 1.54) is 0 Å². The van der Waals surface area contributed by atoms with Gasteiger partial charge in [0.1, 0.15) is 0 Å². The number of rotatable bonds is 9. The van der Waals surface area contributed by atoms with Gasteiger partial charge in [0, 0.05) is 53.5 Å². The zero-order chi connectivity index (χ0) is 36.0. The summed E-state index contributed by atoms with van der Waals surface area (Å²) in [6.07, 6.45) is 2.29. The molecule has 3 aromatic rings. The Kier molecular flexibility index (Phi) is 10.1. The normalized spacial score (nSPS) is 18.5. The number of allylic oxidation sites excluding steroid dienone is 4. The van der Waals surface area contributed by atoms with Crippen LogP contribution in [-0.2, 0) is 20.9 Å². The quantitative estimate of drug-likeness (QED) is 0.218. The van der Waals surface area contributed by atoms with Crippen LogP contribution >= 0.6 is 22.6 Å². The van der Waals surface area contributed by atoms with Gasteiger partial charge in [-0.15, -0.1) is 0 Å². The fourth-order valence-electron chi connectivity index (χ4n) is 7.65. The Bertz CT molecular complexity index is 1870. The maximum absolute atomic E-state index is 14.3. The van der Waals surface area contributed by atoms with Gasteiger partial charge in [-0.05, 0) is 114 Å². The molecule has 0 saturated carbocycles. The number of anilines is 1. The second-order valence-electron chi connectivity index (χ2n) is 15.5. The molecular formula is C42H47IN2O5. The van der Waals surface area contributed by atoms with E-state index < -0.39 is 5.92 Å². The topological polar surface area (TPSA) is 84.9 Å². The van der Waals surface area contributed by atoms with E-state index in [-0.39, 0.29) is 34.9 Å². The summed E-state index contributed by atoms with van der Waals surface area (Å²) in [5.41, 5.74) is 7.93. The van der Waals surface area contributed by atoms with E-state index in [0.717, 1.165) is 50.1 Å². The number of hydrogen-bond acceptors (Lipinski definition) is 6. The van der Waals surface area contributed by atoms with E-state index in [1.807, 2.05) is 69.3 Å². The van der Waals surface area contributed by atoms with Crippen molar-refractivity contribution < 1.29 is 23.9 Å². The Balaban J connectivity index is 1.43. The number of nitrogens with zero attached hydrogens (tertiary/aromatic N) is 1. The number of amides is 1. The summed E-state index contributed by atoms with van der Waals surface area (Å²) in [5, 5.41) is 2.92. The molecule has 0 atom stereocenters. The molecule has 7 nitrogen and oxygen atoms in total. The van der Waals surface area contributed by atoms with E-state index in [9.17, 15) is 14.4 Å². The van der Waals surface area contributed by atoms with Gasteiger partial charge in [-0.2, -0.15) is 0 Å². The first-order chi connectivity index (χ1) is 23.7. The molecule has 0 unspecified atom stereocenters. The number of ketones is 2. The fourth-order valence-corrected chi connectivity index (χ4v) is 8.43. The van der Waals surface area contributed by atoms with Crippen LogP contribution in [0, 0.1) is 28.2 Å². The monoisotopic (exact) mass is 786 g/mol. The highest BCUT2D eigenvalue weighted by Gasteiger charge is 2.49. The summed E-state index contributed by atoms with van der Waals surface area (Å²) >= 11 is 2.21. The molecule has 2 aliphatic carbocycles. The number of carbonyl (C=O) groups is 3. The summed E-state index contributed by atoms with van der Waals surface area (Å²) in [4.78, 5) is 43.9. The molecule has 0 radical (unpaired) electrons. The van der Waals surface area contributed by atoms with Crippen molar-refractivity contribution in [3.05, 3.63) is 109 Å². The lowest BCUT2D eigenvalue weighted by Crippen LogP contribution is -2.44. The lowest BCUT2D eigenvalue weighted by atomic mass is 9.63. The first-order valence-corrected chi connectivity index (χ1v) is 18.5. The maximum atomic E-state index is 14.3. The Hall–Kier alpha value is -3.92. The average Bonchev–Trinajstić information content (AvgIpc) is 3.02. The van der Waals surface area contributed by atoms with Crippen molar-refractivity contribution >= 4 is 45.8 Å². The van der Waals surface area contributed by atoms with Gasteiger partial charge in [-0.1, -0.05) is 64.1 Å². The molecule has 3 aliphatic rings. The number of Topliss-reactive ketones (excluding diaryl/α,β-unsaturated/α-hetero) is 2. The molecule has 0 aromatic heterocycles. The van der Waals surface area contributed by atoms with Crippen molar-refractivity contribution in [3.8, 4) is 11.5 Å². The van der Waals surface area contributed by atoms with E-state index in [4.69, 9.17) is 9.47 Å². The Labute approximate surface area is 309 Å². The first kappa shape index (κ1) is 35.9. The van der Waals surface area contributed by atoms with Crippen molar-refractivity contribution in [2.45, 2.75) is 86.6 Å². The smallest absolute Gasteiger partial charge is 0.262 e. The molecule has 8 heteroatoms. The van der Waals surface area contributed by atoms with Crippen LogP contribution in [-0.4, -0.2) is 35.6 Å². The Morgan fingerprint density at radius 1 is 0.840 bits per heavy atom. The molecular weight excluding hydrogens is 739 g/mol. The predicted octanol–water partition coefficient (Wildman–Crippen LogP) is 9.21. The zero-order valence-electron chi connectivity index (χ0n) is 30.2. The highest BCUT2D eigenvalue weighted by Crippen LogP contribution is 2.55. The Morgan fingerprint density at radius 2 is 1.46 bits per heavy atom. The number of aryl methyl sites for hydroxylation is 2. The van der Waals surface area contributed by atoms with E-state index in [1.54, 1.807) is 0 Å². The minimum Gasteiger partial charge on any atom is -0.490 e. The number of ether oxygens (including phenoxy) is 2. The molecule has 1 aliphatic heterocycles. The third-order valence-corrected chi connectivity index (χ3v) is 10.8. The van der Waals surface area contributed by atoms with Gasteiger partial charge in [0.05, 0.1) is 10.2 Å². The van der Waals surface area contributed by atoms with Gasteiger partial charge in [-0.3, -0.25) is 14.4 Å². The third-order valence-electron chi connectivity index (χ3n) is 10.0. The molecule has 0 fully saturated rings. The minimum atomic E-state index is -0.519. The summed E-state index contributed by atoms with van der Waals surface area (Å²) in [7, 11) is 0. The van der Waals surface area contributed by atoms with E-state index in [2.05, 4.69) is 72.6 Å². The molecule has 1 heterocycles. The standard InChI is InChI=1S/C42H47IN2O5/c1-8-49-35-18-28(17-30(43)40(35)50-24-36(48)44-29-15-14-25(2)26(3)16-29)37-38-31(19-41(4,5)21-33(38)46)45(23-27-12-10-9-11-13-27)32-20-42(6,7)22-34(47)39(32)37/h9-18,37H,8,19-24H2,1-7H3,(H,44,48). The molecule has 6 rings (SSSR count). The third kappa shape index (κ3) is 7.41. The fraction of sp³-hybridized carbons (Fsp3) is 0.405. The minimum absolute atomic E-state index is 0.0832. The van der Waals surface area contributed by atoms with Crippen LogP contribution in [0.5, 0.6) is 11.5 Å². The molecule has 1 N–H and O–H groups in total. The van der Waals surface area contributed by atoms with Crippen LogP contribution in [0.3, 0.4) is 0 Å². The van der Waals surface area contributed by atoms with Gasteiger partial charge in [0.2, 0.25) is 0 Å². The molecule has 0 saturated heterocycles. The number of halogens is 1. The van der Waals surface area contributed by atoms with Crippen molar-refractivity contribution in [2.24, 2.45) is 10.8 Å². The average molecular weight is 787 g/mol. The van der Waals surface area contributed by atoms with Crippen molar-refractivity contribution in [3.63, 3.8) is 0 Å².